The van der Waals surface area contributed by atoms with Crippen LogP contribution in [0.2, 0.25) is 0 Å². The lowest BCUT2D eigenvalue weighted by molar-refractivity contribution is -0.385. The van der Waals surface area contributed by atoms with Crippen LogP contribution in [0.15, 0.2) is 84.9 Å². The van der Waals surface area contributed by atoms with Crippen LogP contribution in [0.5, 0.6) is 5.75 Å². The molecule has 0 saturated heterocycles. The SMILES string of the molecule is O=C(COc1ccccc1[N+](=O)[O-])Nc1nc(-c2ccccc2)c(NC(=O)c2ccccc2)s1. The molecular weight excluding hydrogens is 456 g/mol. The number of rotatable bonds is 8. The van der Waals surface area contributed by atoms with Crippen LogP contribution in [-0.4, -0.2) is 28.3 Å². The monoisotopic (exact) mass is 474 g/mol. The molecule has 4 rings (SSSR count). The van der Waals surface area contributed by atoms with Gasteiger partial charge in [-0.3, -0.25) is 25.0 Å². The fourth-order valence-electron chi connectivity index (χ4n) is 3.04. The molecule has 0 fully saturated rings. The number of thiazole rings is 1. The highest BCUT2D eigenvalue weighted by atomic mass is 32.1. The van der Waals surface area contributed by atoms with Crippen molar-refractivity contribution in [2.24, 2.45) is 0 Å². The number of hydrogen-bond donors (Lipinski definition) is 2. The van der Waals surface area contributed by atoms with E-state index in [4.69, 9.17) is 4.74 Å². The summed E-state index contributed by atoms with van der Waals surface area (Å²) in [6, 6.07) is 23.8. The molecule has 0 radical (unpaired) electrons. The van der Waals surface area contributed by atoms with Crippen LogP contribution in [0.1, 0.15) is 10.4 Å². The molecule has 0 bridgehead atoms. The molecule has 170 valence electrons. The molecule has 0 aliphatic carbocycles. The van der Waals surface area contributed by atoms with E-state index in [9.17, 15) is 19.7 Å². The van der Waals surface area contributed by atoms with Crippen LogP contribution in [0, 0.1) is 10.1 Å². The van der Waals surface area contributed by atoms with Crippen molar-refractivity contribution in [3.63, 3.8) is 0 Å². The number of nitrogens with one attached hydrogen (secondary N) is 2. The zero-order valence-electron chi connectivity index (χ0n) is 17.6. The van der Waals surface area contributed by atoms with E-state index in [2.05, 4.69) is 15.6 Å². The molecule has 0 spiro atoms. The number of hydrogen-bond acceptors (Lipinski definition) is 7. The zero-order valence-corrected chi connectivity index (χ0v) is 18.5. The molecule has 4 aromatic rings. The van der Waals surface area contributed by atoms with Gasteiger partial charge in [0.05, 0.1) is 4.92 Å². The number of carbonyl (C=O) groups is 2. The summed E-state index contributed by atoms with van der Waals surface area (Å²) in [5.41, 5.74) is 1.52. The van der Waals surface area contributed by atoms with Crippen LogP contribution in [0.25, 0.3) is 11.3 Å². The van der Waals surface area contributed by atoms with Crippen molar-refractivity contribution in [3.8, 4) is 17.0 Å². The molecule has 0 atom stereocenters. The Labute approximate surface area is 198 Å². The van der Waals surface area contributed by atoms with Crippen molar-refractivity contribution in [2.45, 2.75) is 0 Å². The van der Waals surface area contributed by atoms with E-state index in [-0.39, 0.29) is 22.5 Å². The average molecular weight is 474 g/mol. The van der Waals surface area contributed by atoms with E-state index in [0.29, 0.717) is 16.3 Å². The van der Waals surface area contributed by atoms with Gasteiger partial charge in [-0.25, -0.2) is 4.98 Å². The predicted molar refractivity (Wildman–Crippen MR) is 129 cm³/mol. The fourth-order valence-corrected chi connectivity index (χ4v) is 3.94. The molecule has 0 saturated carbocycles. The average Bonchev–Trinajstić information content (AvgIpc) is 3.25. The van der Waals surface area contributed by atoms with Crippen molar-refractivity contribution in [2.75, 3.05) is 17.2 Å². The highest BCUT2D eigenvalue weighted by molar-refractivity contribution is 7.20. The fraction of sp³-hybridized carbons (Fsp3) is 0.0417. The van der Waals surface area contributed by atoms with E-state index in [1.807, 2.05) is 36.4 Å². The number of carbonyl (C=O) groups excluding carboxylic acids is 2. The van der Waals surface area contributed by atoms with Crippen molar-refractivity contribution in [3.05, 3.63) is 101 Å². The van der Waals surface area contributed by atoms with E-state index in [1.165, 1.54) is 18.2 Å². The molecular formula is C24H18N4O5S. The number of amides is 2. The molecule has 2 amide bonds. The van der Waals surface area contributed by atoms with Gasteiger partial charge in [-0.05, 0) is 18.2 Å². The first kappa shape index (κ1) is 22.6. The Balaban J connectivity index is 1.51. The summed E-state index contributed by atoms with van der Waals surface area (Å²) in [6.07, 6.45) is 0. The van der Waals surface area contributed by atoms with Gasteiger partial charge < -0.3 is 10.1 Å². The second-order valence-corrected chi connectivity index (χ2v) is 7.94. The Morgan fingerprint density at radius 1 is 0.912 bits per heavy atom. The van der Waals surface area contributed by atoms with Gasteiger partial charge in [0, 0.05) is 17.2 Å². The number of benzene rings is 3. The van der Waals surface area contributed by atoms with E-state index in [1.54, 1.807) is 30.3 Å². The van der Waals surface area contributed by atoms with Gasteiger partial charge in [0.1, 0.15) is 10.7 Å². The lowest BCUT2D eigenvalue weighted by atomic mass is 10.1. The summed E-state index contributed by atoms with van der Waals surface area (Å²) in [4.78, 5) is 40.1. The Morgan fingerprint density at radius 3 is 2.26 bits per heavy atom. The maximum atomic E-state index is 12.7. The molecule has 0 unspecified atom stereocenters. The van der Waals surface area contributed by atoms with Gasteiger partial charge in [-0.15, -0.1) is 0 Å². The van der Waals surface area contributed by atoms with E-state index < -0.39 is 17.4 Å². The Hall–Kier alpha value is -4.57. The summed E-state index contributed by atoms with van der Waals surface area (Å²) >= 11 is 1.10. The molecule has 34 heavy (non-hydrogen) atoms. The Morgan fingerprint density at radius 2 is 1.56 bits per heavy atom. The first-order valence-corrected chi connectivity index (χ1v) is 10.9. The van der Waals surface area contributed by atoms with E-state index in [0.717, 1.165) is 16.9 Å². The maximum Gasteiger partial charge on any atom is 0.310 e. The van der Waals surface area contributed by atoms with Gasteiger partial charge in [-0.1, -0.05) is 72.0 Å². The van der Waals surface area contributed by atoms with Crippen LogP contribution in [-0.2, 0) is 4.79 Å². The molecule has 0 aliphatic rings. The molecule has 0 aliphatic heterocycles. The third kappa shape index (κ3) is 5.43. The normalized spacial score (nSPS) is 10.4. The number of para-hydroxylation sites is 2. The van der Waals surface area contributed by atoms with Gasteiger partial charge in [0.2, 0.25) is 0 Å². The lowest BCUT2D eigenvalue weighted by Gasteiger charge is -2.06. The van der Waals surface area contributed by atoms with Crippen LogP contribution >= 0.6 is 11.3 Å². The van der Waals surface area contributed by atoms with Crippen LogP contribution in [0.3, 0.4) is 0 Å². The summed E-state index contributed by atoms with van der Waals surface area (Å²) in [6.45, 7) is -0.448. The minimum atomic E-state index is -0.581. The number of ether oxygens (including phenoxy) is 1. The topological polar surface area (TPSA) is 123 Å². The highest BCUT2D eigenvalue weighted by Crippen LogP contribution is 2.36. The molecule has 1 heterocycles. The van der Waals surface area contributed by atoms with Gasteiger partial charge in [0.25, 0.3) is 11.8 Å². The molecule has 2 N–H and O–H groups in total. The zero-order chi connectivity index (χ0) is 23.9. The van der Waals surface area contributed by atoms with Crippen LogP contribution < -0.4 is 15.4 Å². The second-order valence-electron chi connectivity index (χ2n) is 6.94. The smallest absolute Gasteiger partial charge is 0.310 e. The third-order valence-corrected chi connectivity index (χ3v) is 5.49. The number of nitro benzene ring substituents is 1. The first-order chi connectivity index (χ1) is 16.5. The lowest BCUT2D eigenvalue weighted by Crippen LogP contribution is -2.20. The van der Waals surface area contributed by atoms with Gasteiger partial charge in [-0.2, -0.15) is 0 Å². The minimum absolute atomic E-state index is 0.0115. The summed E-state index contributed by atoms with van der Waals surface area (Å²) in [5, 5.41) is 17.3. The summed E-state index contributed by atoms with van der Waals surface area (Å²) in [5.74, 6) is -0.867. The van der Waals surface area contributed by atoms with Gasteiger partial charge in [0.15, 0.2) is 17.5 Å². The van der Waals surface area contributed by atoms with Crippen molar-refractivity contribution in [1.82, 2.24) is 4.98 Å². The Bertz CT molecular complexity index is 1330. The van der Waals surface area contributed by atoms with Crippen molar-refractivity contribution in [1.29, 1.82) is 0 Å². The largest absolute Gasteiger partial charge is 0.477 e. The molecule has 10 heteroatoms. The predicted octanol–water partition coefficient (Wildman–Crippen LogP) is 4.99. The second kappa shape index (κ2) is 10.4. The highest BCUT2D eigenvalue weighted by Gasteiger charge is 2.19. The molecule has 9 nitrogen and oxygen atoms in total. The number of anilines is 2. The van der Waals surface area contributed by atoms with Crippen molar-refractivity contribution >= 4 is 39.0 Å². The van der Waals surface area contributed by atoms with Crippen molar-refractivity contribution < 1.29 is 19.2 Å². The third-order valence-electron chi connectivity index (χ3n) is 4.60. The summed E-state index contributed by atoms with van der Waals surface area (Å²) in [7, 11) is 0. The summed E-state index contributed by atoms with van der Waals surface area (Å²) < 4.78 is 5.33. The van der Waals surface area contributed by atoms with E-state index >= 15 is 0 Å². The Kier molecular flexibility index (Phi) is 6.89. The molecule has 3 aromatic carbocycles. The quantitative estimate of drug-likeness (QED) is 0.274. The van der Waals surface area contributed by atoms with Crippen LogP contribution in [0.4, 0.5) is 15.8 Å². The molecule has 1 aromatic heterocycles. The number of nitro groups is 1. The van der Waals surface area contributed by atoms with Gasteiger partial charge >= 0.3 is 5.69 Å². The maximum absolute atomic E-state index is 12.7. The minimum Gasteiger partial charge on any atom is -0.477 e. The first-order valence-electron chi connectivity index (χ1n) is 10.1. The number of aromatic nitrogens is 1. The standard InChI is InChI=1S/C24H18N4O5S/c29-20(15-33-19-14-8-7-13-18(19)28(31)32)25-24-26-21(16-9-3-1-4-10-16)23(34-24)27-22(30)17-11-5-2-6-12-17/h1-14H,15H2,(H,27,30)(H,25,26,29). The number of nitrogens with zero attached hydrogens (tertiary/aromatic N) is 2.